The predicted molar refractivity (Wildman–Crippen MR) is 101 cm³/mol. The normalized spacial score (nSPS) is 11.4. The van der Waals surface area contributed by atoms with Gasteiger partial charge in [-0.15, -0.1) is 6.58 Å². The fraction of sp³-hybridized carbons (Fsp3) is 0.0556. The van der Waals surface area contributed by atoms with E-state index in [4.69, 9.17) is 4.42 Å². The standard InChI is InChI=1S/C18H14BrNO4S/c1-2-11-20(25(22,23)17-6-4-3-5-15(17)19)14-8-9-16-13(12-14)7-10-18(21)24-16/h2-10,12H,1,11H2. The van der Waals surface area contributed by atoms with Crippen molar-refractivity contribution in [2.45, 2.75) is 4.90 Å². The smallest absolute Gasteiger partial charge is 0.336 e. The molecule has 0 aliphatic heterocycles. The van der Waals surface area contributed by atoms with E-state index in [0.29, 0.717) is 21.1 Å². The largest absolute Gasteiger partial charge is 0.423 e. The van der Waals surface area contributed by atoms with Gasteiger partial charge in [0, 0.05) is 15.9 Å². The van der Waals surface area contributed by atoms with E-state index < -0.39 is 15.6 Å². The summed E-state index contributed by atoms with van der Waals surface area (Å²) in [6.45, 7) is 3.75. The lowest BCUT2D eigenvalue weighted by Crippen LogP contribution is -2.31. The number of rotatable bonds is 5. The zero-order chi connectivity index (χ0) is 18.0. The van der Waals surface area contributed by atoms with E-state index in [-0.39, 0.29) is 11.4 Å². The Bertz CT molecular complexity index is 1110. The first-order chi connectivity index (χ1) is 11.9. The molecule has 0 amide bonds. The van der Waals surface area contributed by atoms with Crippen LogP contribution in [0.2, 0.25) is 0 Å². The highest BCUT2D eigenvalue weighted by Crippen LogP contribution is 2.30. The summed E-state index contributed by atoms with van der Waals surface area (Å²) in [6, 6.07) is 14.4. The maximum absolute atomic E-state index is 13.1. The Hall–Kier alpha value is -2.38. The fourth-order valence-corrected chi connectivity index (χ4v) is 4.84. The Morgan fingerprint density at radius 2 is 1.88 bits per heavy atom. The van der Waals surface area contributed by atoms with Crippen LogP contribution >= 0.6 is 15.9 Å². The quantitative estimate of drug-likeness (QED) is 0.463. The van der Waals surface area contributed by atoms with Gasteiger partial charge >= 0.3 is 5.63 Å². The minimum atomic E-state index is -3.80. The molecule has 5 nitrogen and oxygen atoms in total. The van der Waals surface area contributed by atoms with Crippen LogP contribution in [0.5, 0.6) is 0 Å². The Labute approximate surface area is 153 Å². The lowest BCUT2D eigenvalue weighted by molar-refractivity contribution is 0.561. The summed E-state index contributed by atoms with van der Waals surface area (Å²) in [6.07, 6.45) is 1.52. The van der Waals surface area contributed by atoms with Gasteiger partial charge in [0.2, 0.25) is 0 Å². The maximum Gasteiger partial charge on any atom is 0.336 e. The van der Waals surface area contributed by atoms with Crippen molar-refractivity contribution in [3.05, 3.63) is 82.1 Å². The molecule has 25 heavy (non-hydrogen) atoms. The molecule has 0 aliphatic carbocycles. The Balaban J connectivity index is 2.16. The molecule has 2 aromatic carbocycles. The van der Waals surface area contributed by atoms with Crippen LogP contribution in [0.3, 0.4) is 0 Å². The average molecular weight is 420 g/mol. The van der Waals surface area contributed by atoms with Crippen molar-refractivity contribution in [1.82, 2.24) is 0 Å². The molecule has 0 saturated carbocycles. The summed E-state index contributed by atoms with van der Waals surface area (Å²) in [5.74, 6) is 0. The number of hydrogen-bond acceptors (Lipinski definition) is 4. The molecular weight excluding hydrogens is 406 g/mol. The number of benzene rings is 2. The second-order valence-electron chi connectivity index (χ2n) is 5.23. The number of nitrogens with zero attached hydrogens (tertiary/aromatic N) is 1. The molecule has 128 valence electrons. The van der Waals surface area contributed by atoms with Gasteiger partial charge in [0.25, 0.3) is 10.0 Å². The minimum Gasteiger partial charge on any atom is -0.423 e. The third-order valence-corrected chi connectivity index (χ3v) is 6.40. The highest BCUT2D eigenvalue weighted by molar-refractivity contribution is 9.10. The van der Waals surface area contributed by atoms with Gasteiger partial charge in [-0.3, -0.25) is 4.31 Å². The van der Waals surface area contributed by atoms with E-state index in [2.05, 4.69) is 22.5 Å². The summed E-state index contributed by atoms with van der Waals surface area (Å²) in [5, 5.41) is 0.633. The SMILES string of the molecule is C=CCN(c1ccc2oc(=O)ccc2c1)S(=O)(=O)c1ccccc1Br. The van der Waals surface area contributed by atoms with Crippen LogP contribution in [0, 0.1) is 0 Å². The number of halogens is 1. The third-order valence-electron chi connectivity index (χ3n) is 3.59. The molecule has 3 aromatic rings. The van der Waals surface area contributed by atoms with Crippen LogP contribution in [-0.4, -0.2) is 15.0 Å². The van der Waals surface area contributed by atoms with E-state index in [1.54, 1.807) is 42.5 Å². The van der Waals surface area contributed by atoms with Crippen molar-refractivity contribution in [3.8, 4) is 0 Å². The molecule has 0 saturated heterocycles. The van der Waals surface area contributed by atoms with Crippen molar-refractivity contribution in [3.63, 3.8) is 0 Å². The van der Waals surface area contributed by atoms with Crippen LogP contribution in [0.25, 0.3) is 11.0 Å². The highest BCUT2D eigenvalue weighted by atomic mass is 79.9. The van der Waals surface area contributed by atoms with Crippen molar-refractivity contribution in [2.75, 3.05) is 10.8 Å². The first-order valence-corrected chi connectivity index (χ1v) is 9.59. The first-order valence-electron chi connectivity index (χ1n) is 7.35. The molecule has 1 aromatic heterocycles. The Kier molecular flexibility index (Phi) is 4.78. The topological polar surface area (TPSA) is 67.6 Å². The van der Waals surface area contributed by atoms with E-state index in [1.807, 2.05) is 0 Å². The summed E-state index contributed by atoms with van der Waals surface area (Å²) in [7, 11) is -3.80. The van der Waals surface area contributed by atoms with E-state index in [0.717, 1.165) is 0 Å². The second-order valence-corrected chi connectivity index (χ2v) is 7.92. The summed E-state index contributed by atoms with van der Waals surface area (Å²) >= 11 is 3.29. The van der Waals surface area contributed by atoms with Gasteiger partial charge in [-0.25, -0.2) is 13.2 Å². The van der Waals surface area contributed by atoms with Gasteiger partial charge in [-0.05, 0) is 52.3 Å². The molecular formula is C18H14BrNO4S. The summed E-state index contributed by atoms with van der Waals surface area (Å²) < 4.78 is 33.0. The number of anilines is 1. The fourth-order valence-electron chi connectivity index (χ4n) is 2.45. The predicted octanol–water partition coefficient (Wildman–Crippen LogP) is 3.94. The molecule has 0 bridgehead atoms. The van der Waals surface area contributed by atoms with E-state index in [1.165, 1.54) is 22.5 Å². The van der Waals surface area contributed by atoms with Gasteiger partial charge in [0.15, 0.2) is 0 Å². The van der Waals surface area contributed by atoms with Gasteiger partial charge in [0.1, 0.15) is 10.5 Å². The molecule has 0 N–H and O–H groups in total. The van der Waals surface area contributed by atoms with Gasteiger partial charge < -0.3 is 4.42 Å². The van der Waals surface area contributed by atoms with Crippen LogP contribution < -0.4 is 9.93 Å². The zero-order valence-electron chi connectivity index (χ0n) is 13.1. The molecule has 0 fully saturated rings. The average Bonchev–Trinajstić information content (AvgIpc) is 2.59. The van der Waals surface area contributed by atoms with Gasteiger partial charge in [-0.1, -0.05) is 18.2 Å². The van der Waals surface area contributed by atoms with Crippen LogP contribution in [0.4, 0.5) is 5.69 Å². The maximum atomic E-state index is 13.1. The highest BCUT2D eigenvalue weighted by Gasteiger charge is 2.26. The number of hydrogen-bond donors (Lipinski definition) is 0. The molecule has 3 rings (SSSR count). The van der Waals surface area contributed by atoms with E-state index >= 15 is 0 Å². The molecule has 1 heterocycles. The van der Waals surface area contributed by atoms with Crippen LogP contribution in [0.15, 0.2) is 85.8 Å². The van der Waals surface area contributed by atoms with Crippen LogP contribution in [0.1, 0.15) is 0 Å². The minimum absolute atomic E-state index is 0.103. The van der Waals surface area contributed by atoms with E-state index in [9.17, 15) is 13.2 Å². The summed E-state index contributed by atoms with van der Waals surface area (Å²) in [5.41, 5.74) is 0.397. The Morgan fingerprint density at radius 3 is 2.60 bits per heavy atom. The number of sulfonamides is 1. The molecule has 7 heteroatoms. The summed E-state index contributed by atoms with van der Waals surface area (Å²) in [4.78, 5) is 11.5. The zero-order valence-corrected chi connectivity index (χ0v) is 15.5. The molecule has 0 radical (unpaired) electrons. The van der Waals surface area contributed by atoms with Gasteiger partial charge in [0.05, 0.1) is 12.2 Å². The molecule has 0 aliphatic rings. The third kappa shape index (κ3) is 3.38. The monoisotopic (exact) mass is 419 g/mol. The van der Waals surface area contributed by atoms with Crippen molar-refractivity contribution in [2.24, 2.45) is 0 Å². The lowest BCUT2D eigenvalue weighted by Gasteiger charge is -2.24. The van der Waals surface area contributed by atoms with Crippen molar-refractivity contribution in [1.29, 1.82) is 0 Å². The lowest BCUT2D eigenvalue weighted by atomic mass is 10.2. The van der Waals surface area contributed by atoms with Gasteiger partial charge in [-0.2, -0.15) is 0 Å². The number of fused-ring (bicyclic) bond motifs is 1. The van der Waals surface area contributed by atoms with Crippen molar-refractivity contribution < 1.29 is 12.8 Å². The van der Waals surface area contributed by atoms with Crippen molar-refractivity contribution >= 4 is 42.6 Å². The molecule has 0 spiro atoms. The molecule has 0 unspecified atom stereocenters. The molecule has 0 atom stereocenters. The second kappa shape index (κ2) is 6.85. The van der Waals surface area contributed by atoms with Crippen LogP contribution in [-0.2, 0) is 10.0 Å². The Morgan fingerprint density at radius 1 is 1.12 bits per heavy atom. The first kappa shape index (κ1) is 17.4.